The van der Waals surface area contributed by atoms with Crippen molar-refractivity contribution in [3.05, 3.63) is 133 Å². The summed E-state index contributed by atoms with van der Waals surface area (Å²) in [6.07, 6.45) is 3.71. The predicted octanol–water partition coefficient (Wildman–Crippen LogP) is 5.20. The SMILES string of the molecule is COc1ccc([C@H]2C(C(=O)OC(C)C)=C(C)N=c3s/c(=C\c4cn(Cc5ccccc5)c5ccccc45)c(=O)n32)cc1. The fraction of sp³-hybridized carbons (Fsp3) is 0.206. The standard InChI is InChI=1S/C34H31N3O4S/c1-21(2)41-33(39)30-22(3)35-34-37(31(30)24-14-16-26(40-4)17-15-24)32(38)29(42-34)18-25-20-36(19-23-10-6-5-7-11-23)28-13-9-8-12-27(25)28/h5-18,20-21,31H,19H2,1-4H3/b29-18-/t31-/m0/s1. The van der Waals surface area contributed by atoms with E-state index in [4.69, 9.17) is 14.5 Å². The molecule has 7 nitrogen and oxygen atoms in total. The van der Waals surface area contributed by atoms with Crippen LogP contribution in [0.2, 0.25) is 0 Å². The zero-order chi connectivity index (χ0) is 29.4. The number of carbonyl (C=O) groups excluding carboxylic acids is 1. The number of carbonyl (C=O) groups is 1. The van der Waals surface area contributed by atoms with Crippen LogP contribution in [0.1, 0.15) is 43.5 Å². The Kier molecular flexibility index (Phi) is 7.39. The van der Waals surface area contributed by atoms with Crippen molar-refractivity contribution in [1.29, 1.82) is 0 Å². The predicted molar refractivity (Wildman–Crippen MR) is 165 cm³/mol. The molecule has 8 heteroatoms. The zero-order valence-corrected chi connectivity index (χ0v) is 24.7. The van der Waals surface area contributed by atoms with E-state index in [2.05, 4.69) is 35.0 Å². The number of allylic oxidation sites excluding steroid dienone is 1. The molecule has 3 aromatic carbocycles. The van der Waals surface area contributed by atoms with Gasteiger partial charge in [0, 0.05) is 29.2 Å². The fourth-order valence-corrected chi connectivity index (χ4v) is 6.44. The number of hydrogen-bond donors (Lipinski definition) is 0. The summed E-state index contributed by atoms with van der Waals surface area (Å²) in [5.74, 6) is 0.204. The lowest BCUT2D eigenvalue weighted by molar-refractivity contribution is -0.143. The lowest BCUT2D eigenvalue weighted by Crippen LogP contribution is -2.40. The molecule has 0 bridgehead atoms. The topological polar surface area (TPSA) is 74.8 Å². The van der Waals surface area contributed by atoms with Crippen molar-refractivity contribution in [3.63, 3.8) is 0 Å². The second kappa shape index (κ2) is 11.3. The lowest BCUT2D eigenvalue weighted by Gasteiger charge is -2.25. The van der Waals surface area contributed by atoms with Crippen LogP contribution in [-0.4, -0.2) is 28.3 Å². The number of esters is 1. The van der Waals surface area contributed by atoms with Gasteiger partial charge in [0.15, 0.2) is 4.80 Å². The van der Waals surface area contributed by atoms with Crippen molar-refractivity contribution >= 4 is 34.3 Å². The molecule has 0 amide bonds. The van der Waals surface area contributed by atoms with Gasteiger partial charge >= 0.3 is 5.97 Å². The van der Waals surface area contributed by atoms with Gasteiger partial charge in [-0.1, -0.05) is 72.0 Å². The summed E-state index contributed by atoms with van der Waals surface area (Å²) in [4.78, 5) is 32.8. The Morgan fingerprint density at radius 3 is 2.45 bits per heavy atom. The van der Waals surface area contributed by atoms with E-state index in [0.29, 0.717) is 32.9 Å². The van der Waals surface area contributed by atoms with Crippen LogP contribution in [0, 0.1) is 0 Å². The van der Waals surface area contributed by atoms with Crippen LogP contribution in [0.15, 0.2) is 106 Å². The maximum atomic E-state index is 14.1. The number of methoxy groups -OCH3 is 1. The molecule has 1 aliphatic heterocycles. The maximum Gasteiger partial charge on any atom is 0.338 e. The first-order valence-electron chi connectivity index (χ1n) is 13.8. The van der Waals surface area contributed by atoms with Crippen molar-refractivity contribution in [2.45, 2.75) is 39.5 Å². The van der Waals surface area contributed by atoms with Gasteiger partial charge in [0.1, 0.15) is 5.75 Å². The van der Waals surface area contributed by atoms with Gasteiger partial charge in [0.25, 0.3) is 5.56 Å². The van der Waals surface area contributed by atoms with Crippen molar-refractivity contribution in [2.24, 2.45) is 4.99 Å². The number of rotatable bonds is 7. The molecule has 0 saturated carbocycles. The molecule has 3 heterocycles. The molecule has 0 radical (unpaired) electrons. The molecule has 0 saturated heterocycles. The molecule has 5 aromatic rings. The van der Waals surface area contributed by atoms with Crippen LogP contribution in [0.3, 0.4) is 0 Å². The van der Waals surface area contributed by atoms with Crippen molar-refractivity contribution < 1.29 is 14.3 Å². The van der Waals surface area contributed by atoms with E-state index in [9.17, 15) is 9.59 Å². The van der Waals surface area contributed by atoms with Crippen LogP contribution in [0.25, 0.3) is 17.0 Å². The quantitative estimate of drug-likeness (QED) is 0.249. The van der Waals surface area contributed by atoms with Crippen LogP contribution in [0.4, 0.5) is 0 Å². The van der Waals surface area contributed by atoms with Gasteiger partial charge in [-0.3, -0.25) is 9.36 Å². The van der Waals surface area contributed by atoms with Crippen molar-refractivity contribution in [3.8, 4) is 5.75 Å². The summed E-state index contributed by atoms with van der Waals surface area (Å²) in [6, 6.07) is 25.2. The number of thiazole rings is 1. The highest BCUT2D eigenvalue weighted by molar-refractivity contribution is 7.07. The van der Waals surface area contributed by atoms with Gasteiger partial charge in [-0.2, -0.15) is 0 Å². The van der Waals surface area contributed by atoms with Gasteiger partial charge in [-0.25, -0.2) is 9.79 Å². The normalized spacial score (nSPS) is 15.2. The van der Waals surface area contributed by atoms with Gasteiger partial charge in [0.2, 0.25) is 0 Å². The Balaban J connectivity index is 1.51. The Hall–Kier alpha value is -4.69. The van der Waals surface area contributed by atoms with E-state index in [1.807, 2.05) is 60.7 Å². The molecule has 0 spiro atoms. The first-order valence-corrected chi connectivity index (χ1v) is 14.6. The highest BCUT2D eigenvalue weighted by Crippen LogP contribution is 2.32. The second-order valence-electron chi connectivity index (χ2n) is 10.5. The summed E-state index contributed by atoms with van der Waals surface area (Å²) >= 11 is 1.32. The van der Waals surface area contributed by atoms with Crippen LogP contribution in [-0.2, 0) is 16.1 Å². The molecule has 0 N–H and O–H groups in total. The van der Waals surface area contributed by atoms with E-state index >= 15 is 0 Å². The minimum Gasteiger partial charge on any atom is -0.497 e. The summed E-state index contributed by atoms with van der Waals surface area (Å²) in [6.45, 7) is 6.12. The molecule has 6 rings (SSSR count). The summed E-state index contributed by atoms with van der Waals surface area (Å²) in [5.41, 5.74) is 4.68. The van der Waals surface area contributed by atoms with Gasteiger partial charge in [-0.05, 0) is 56.2 Å². The highest BCUT2D eigenvalue weighted by Gasteiger charge is 2.33. The monoisotopic (exact) mass is 577 g/mol. The largest absolute Gasteiger partial charge is 0.497 e. The Bertz CT molecular complexity index is 2000. The molecule has 2 aromatic heterocycles. The molecular formula is C34H31N3O4S. The highest BCUT2D eigenvalue weighted by atomic mass is 32.1. The smallest absolute Gasteiger partial charge is 0.338 e. The van der Waals surface area contributed by atoms with Crippen LogP contribution < -0.4 is 19.6 Å². The fourth-order valence-electron chi connectivity index (χ4n) is 5.40. The van der Waals surface area contributed by atoms with E-state index in [-0.39, 0.29) is 11.7 Å². The number of aromatic nitrogens is 2. The number of ether oxygens (including phenoxy) is 2. The van der Waals surface area contributed by atoms with Crippen LogP contribution >= 0.6 is 11.3 Å². The zero-order valence-electron chi connectivity index (χ0n) is 23.9. The molecule has 0 fully saturated rings. The third-order valence-corrected chi connectivity index (χ3v) is 8.30. The average molecular weight is 578 g/mol. The molecule has 212 valence electrons. The Morgan fingerprint density at radius 1 is 1.02 bits per heavy atom. The van der Waals surface area contributed by atoms with Crippen molar-refractivity contribution in [2.75, 3.05) is 7.11 Å². The van der Waals surface area contributed by atoms with E-state index in [1.54, 1.807) is 32.4 Å². The molecular weight excluding hydrogens is 546 g/mol. The van der Waals surface area contributed by atoms with Gasteiger partial charge in [0.05, 0.1) is 35.1 Å². The molecule has 0 aliphatic carbocycles. The molecule has 1 aliphatic rings. The molecule has 42 heavy (non-hydrogen) atoms. The maximum absolute atomic E-state index is 14.1. The number of nitrogens with zero attached hydrogens (tertiary/aromatic N) is 3. The van der Waals surface area contributed by atoms with E-state index in [0.717, 1.165) is 22.0 Å². The van der Waals surface area contributed by atoms with Gasteiger partial charge in [-0.15, -0.1) is 0 Å². The summed E-state index contributed by atoms with van der Waals surface area (Å²) < 4.78 is 15.3. The second-order valence-corrected chi connectivity index (χ2v) is 11.5. The van der Waals surface area contributed by atoms with Crippen molar-refractivity contribution in [1.82, 2.24) is 9.13 Å². The first-order chi connectivity index (χ1) is 20.3. The Labute approximate surface area is 247 Å². The third kappa shape index (κ3) is 5.10. The number of para-hydroxylation sites is 1. The Morgan fingerprint density at radius 2 is 1.74 bits per heavy atom. The average Bonchev–Trinajstić information content (AvgIpc) is 3.48. The lowest BCUT2D eigenvalue weighted by atomic mass is 9.96. The molecule has 0 unspecified atom stereocenters. The van der Waals surface area contributed by atoms with Gasteiger partial charge < -0.3 is 14.0 Å². The molecule has 1 atom stereocenters. The van der Waals surface area contributed by atoms with E-state index in [1.165, 1.54) is 16.9 Å². The minimum atomic E-state index is -0.681. The number of hydrogen-bond acceptors (Lipinski definition) is 6. The summed E-state index contributed by atoms with van der Waals surface area (Å²) in [7, 11) is 1.60. The number of benzene rings is 3. The number of fused-ring (bicyclic) bond motifs is 2. The van der Waals surface area contributed by atoms with E-state index < -0.39 is 12.0 Å². The first kappa shape index (κ1) is 27.5. The third-order valence-electron chi connectivity index (χ3n) is 7.32. The summed E-state index contributed by atoms with van der Waals surface area (Å²) in [5, 5.41) is 1.06. The van der Waals surface area contributed by atoms with Crippen LogP contribution in [0.5, 0.6) is 5.75 Å². The minimum absolute atomic E-state index is 0.207.